The van der Waals surface area contributed by atoms with E-state index in [0.717, 1.165) is 11.1 Å². The fourth-order valence-electron chi connectivity index (χ4n) is 4.41. The summed E-state index contributed by atoms with van der Waals surface area (Å²) < 4.78 is 14.4. The number of urea groups is 1. The Balaban J connectivity index is 1.54. The first-order valence-corrected chi connectivity index (χ1v) is 11.9. The summed E-state index contributed by atoms with van der Waals surface area (Å²) in [6, 6.07) is 18.7. The van der Waals surface area contributed by atoms with Gasteiger partial charge in [0, 0.05) is 34.1 Å². The van der Waals surface area contributed by atoms with Crippen molar-refractivity contribution in [1.82, 2.24) is 4.90 Å². The molecule has 2 aliphatic rings. The van der Waals surface area contributed by atoms with Crippen LogP contribution in [0.25, 0.3) is 0 Å². The molecule has 1 N–H and O–H groups in total. The lowest BCUT2D eigenvalue weighted by Crippen LogP contribution is -2.51. The number of halogens is 2. The number of anilines is 2. The van der Waals surface area contributed by atoms with Crippen LogP contribution in [0.4, 0.5) is 20.6 Å². The summed E-state index contributed by atoms with van der Waals surface area (Å²) in [4.78, 5) is 29.3. The highest BCUT2D eigenvalue weighted by Crippen LogP contribution is 2.54. The third-order valence-electron chi connectivity index (χ3n) is 5.98. The highest BCUT2D eigenvalue weighted by atomic mass is 35.5. The summed E-state index contributed by atoms with van der Waals surface area (Å²) >= 11 is 7.39. The van der Waals surface area contributed by atoms with Gasteiger partial charge < -0.3 is 10.2 Å². The van der Waals surface area contributed by atoms with E-state index in [4.69, 9.17) is 11.6 Å². The van der Waals surface area contributed by atoms with Gasteiger partial charge in [-0.3, -0.25) is 9.69 Å². The Morgan fingerprint density at radius 3 is 2.67 bits per heavy atom. The Bertz CT molecular complexity index is 1250. The van der Waals surface area contributed by atoms with Crippen LogP contribution in [0.15, 0.2) is 66.7 Å². The van der Waals surface area contributed by atoms with Gasteiger partial charge in [0.05, 0.1) is 12.2 Å². The molecule has 0 aromatic heterocycles. The molecule has 168 valence electrons. The Morgan fingerprint density at radius 2 is 1.91 bits per heavy atom. The molecule has 3 aromatic rings. The van der Waals surface area contributed by atoms with E-state index in [9.17, 15) is 14.0 Å². The van der Waals surface area contributed by atoms with Crippen LogP contribution in [-0.4, -0.2) is 29.1 Å². The number of fused-ring (bicyclic) bond motifs is 2. The van der Waals surface area contributed by atoms with Gasteiger partial charge in [-0.2, -0.15) is 0 Å². The molecular weight excluding hydrogens is 461 g/mol. The van der Waals surface area contributed by atoms with Gasteiger partial charge in [0.25, 0.3) is 5.91 Å². The van der Waals surface area contributed by atoms with Crippen molar-refractivity contribution in [2.75, 3.05) is 22.5 Å². The maximum Gasteiger partial charge on any atom is 0.323 e. The predicted molar refractivity (Wildman–Crippen MR) is 130 cm³/mol. The Kier molecular flexibility index (Phi) is 5.54. The zero-order valence-corrected chi connectivity index (χ0v) is 19.4. The van der Waals surface area contributed by atoms with E-state index in [2.05, 4.69) is 5.32 Å². The fraction of sp³-hybridized carbons (Fsp3) is 0.200. The van der Waals surface area contributed by atoms with E-state index in [1.807, 2.05) is 25.1 Å². The molecule has 1 fully saturated rings. The summed E-state index contributed by atoms with van der Waals surface area (Å²) in [6.07, 6.45) is 0. The van der Waals surface area contributed by atoms with Crippen LogP contribution in [0.2, 0.25) is 5.02 Å². The molecule has 2 heterocycles. The quantitative estimate of drug-likeness (QED) is 0.517. The average molecular weight is 482 g/mol. The molecule has 0 unspecified atom stereocenters. The molecule has 1 saturated heterocycles. The molecule has 0 bridgehead atoms. The van der Waals surface area contributed by atoms with Crippen molar-refractivity contribution in [1.29, 1.82) is 0 Å². The molecule has 3 aromatic carbocycles. The van der Waals surface area contributed by atoms with Gasteiger partial charge in [0.15, 0.2) is 4.87 Å². The van der Waals surface area contributed by atoms with Crippen LogP contribution in [0, 0.1) is 12.7 Å². The highest BCUT2D eigenvalue weighted by Gasteiger charge is 2.59. The number of benzene rings is 3. The SMILES string of the molecule is Cc1ccc2c(c1)[C@]1(SCCN1C(=O)Nc1ccc(Cl)cc1)C(=O)N2Cc1ccccc1F. The van der Waals surface area contributed by atoms with Gasteiger partial charge in [-0.1, -0.05) is 47.5 Å². The number of amides is 3. The molecule has 33 heavy (non-hydrogen) atoms. The van der Waals surface area contributed by atoms with Gasteiger partial charge in [-0.15, -0.1) is 11.8 Å². The summed E-state index contributed by atoms with van der Waals surface area (Å²) in [6.45, 7) is 2.46. The predicted octanol–water partition coefficient (Wildman–Crippen LogP) is 5.77. The minimum atomic E-state index is -1.19. The average Bonchev–Trinajstić information content (AvgIpc) is 3.34. The first-order valence-electron chi connectivity index (χ1n) is 10.5. The number of hydrogen-bond donors (Lipinski definition) is 1. The number of nitrogens with one attached hydrogen (secondary N) is 1. The molecule has 5 rings (SSSR count). The van der Waals surface area contributed by atoms with E-state index in [1.165, 1.54) is 17.8 Å². The molecule has 3 amide bonds. The topological polar surface area (TPSA) is 52.7 Å². The number of hydrogen-bond acceptors (Lipinski definition) is 3. The minimum Gasteiger partial charge on any atom is -0.308 e. The number of carbonyl (C=O) groups excluding carboxylic acids is 2. The van der Waals surface area contributed by atoms with Crippen LogP contribution >= 0.6 is 23.4 Å². The van der Waals surface area contributed by atoms with Crippen molar-refractivity contribution in [2.45, 2.75) is 18.3 Å². The van der Waals surface area contributed by atoms with E-state index < -0.39 is 4.87 Å². The summed E-state index contributed by atoms with van der Waals surface area (Å²) in [5, 5.41) is 3.46. The largest absolute Gasteiger partial charge is 0.323 e. The molecule has 5 nitrogen and oxygen atoms in total. The second-order valence-electron chi connectivity index (χ2n) is 8.08. The smallest absolute Gasteiger partial charge is 0.308 e. The van der Waals surface area contributed by atoms with E-state index in [1.54, 1.807) is 52.3 Å². The molecule has 1 spiro atoms. The monoisotopic (exact) mass is 481 g/mol. The van der Waals surface area contributed by atoms with Gasteiger partial charge >= 0.3 is 6.03 Å². The first kappa shape index (κ1) is 21.8. The molecule has 2 aliphatic heterocycles. The highest BCUT2D eigenvalue weighted by molar-refractivity contribution is 8.01. The molecule has 0 saturated carbocycles. The van der Waals surface area contributed by atoms with Crippen LogP contribution in [0.1, 0.15) is 16.7 Å². The van der Waals surface area contributed by atoms with Gasteiger partial charge in [0.1, 0.15) is 5.82 Å². The molecule has 8 heteroatoms. The number of rotatable bonds is 3. The number of thioether (sulfide) groups is 1. The second kappa shape index (κ2) is 8.39. The molecular formula is C25H21ClFN3O2S. The zero-order valence-electron chi connectivity index (χ0n) is 17.8. The van der Waals surface area contributed by atoms with E-state index in [0.29, 0.717) is 34.3 Å². The van der Waals surface area contributed by atoms with Crippen molar-refractivity contribution >= 4 is 46.7 Å². The van der Waals surface area contributed by atoms with Crippen molar-refractivity contribution in [2.24, 2.45) is 0 Å². The van der Waals surface area contributed by atoms with Crippen LogP contribution in [0.5, 0.6) is 0 Å². The summed E-state index contributed by atoms with van der Waals surface area (Å²) in [5.74, 6) is 0.0113. The van der Waals surface area contributed by atoms with E-state index in [-0.39, 0.29) is 24.3 Å². The van der Waals surface area contributed by atoms with Crippen LogP contribution < -0.4 is 10.2 Å². The lowest BCUT2D eigenvalue weighted by molar-refractivity contribution is -0.123. The fourth-order valence-corrected chi connectivity index (χ4v) is 5.99. The van der Waals surface area contributed by atoms with Crippen molar-refractivity contribution in [3.05, 3.63) is 94.3 Å². The molecule has 0 aliphatic carbocycles. The number of carbonyl (C=O) groups is 2. The van der Waals surface area contributed by atoms with Crippen LogP contribution in [0.3, 0.4) is 0 Å². The maximum atomic E-state index is 14.4. The maximum absolute atomic E-state index is 14.4. The van der Waals surface area contributed by atoms with Crippen molar-refractivity contribution in [3.8, 4) is 0 Å². The van der Waals surface area contributed by atoms with Crippen LogP contribution in [-0.2, 0) is 16.2 Å². The number of nitrogens with zero attached hydrogens (tertiary/aromatic N) is 2. The molecule has 0 radical (unpaired) electrons. The van der Waals surface area contributed by atoms with Crippen molar-refractivity contribution in [3.63, 3.8) is 0 Å². The minimum absolute atomic E-state index is 0.0938. The summed E-state index contributed by atoms with van der Waals surface area (Å²) in [5.41, 5.74) is 3.47. The Morgan fingerprint density at radius 1 is 1.15 bits per heavy atom. The Hall–Kier alpha value is -3.03. The van der Waals surface area contributed by atoms with Gasteiger partial charge in [-0.05, 0) is 43.3 Å². The van der Waals surface area contributed by atoms with Gasteiger partial charge in [0.2, 0.25) is 0 Å². The third kappa shape index (κ3) is 3.65. The third-order valence-corrected chi connectivity index (χ3v) is 7.65. The van der Waals surface area contributed by atoms with E-state index >= 15 is 0 Å². The standard InChI is InChI=1S/C25H21ClFN3O2S/c1-16-6-11-22-20(14-16)25(23(31)29(22)15-17-4-2-3-5-21(17)27)30(12-13-33-25)24(32)28-19-9-7-18(26)8-10-19/h2-11,14H,12-13,15H2,1H3,(H,28,32)/t25-/m0/s1. The Labute approximate surface area is 200 Å². The lowest BCUT2D eigenvalue weighted by Gasteiger charge is -2.33. The lowest BCUT2D eigenvalue weighted by atomic mass is 10.0. The first-order chi connectivity index (χ1) is 15.9. The number of aryl methyl sites for hydroxylation is 1. The normalized spacial score (nSPS) is 19.3. The second-order valence-corrected chi connectivity index (χ2v) is 9.81. The summed E-state index contributed by atoms with van der Waals surface area (Å²) in [7, 11) is 0. The van der Waals surface area contributed by atoms with Crippen molar-refractivity contribution < 1.29 is 14.0 Å². The van der Waals surface area contributed by atoms with Gasteiger partial charge in [-0.25, -0.2) is 9.18 Å². The zero-order chi connectivity index (χ0) is 23.2. The molecule has 1 atom stereocenters.